The Balaban J connectivity index is 1.15. The first-order valence-electron chi connectivity index (χ1n) is 24.9. The number of benzene rings is 6. The third-order valence-electron chi connectivity index (χ3n) is 14.1. The predicted molar refractivity (Wildman–Crippen MR) is 291 cm³/mol. The molecule has 0 aliphatic carbocycles. The zero-order valence-corrected chi connectivity index (χ0v) is 43.3. The minimum atomic E-state index is -0.131. The number of aromatic nitrogens is 2. The predicted octanol–water partition coefficient (Wildman–Crippen LogP) is 18.1. The number of pyridine rings is 1. The summed E-state index contributed by atoms with van der Waals surface area (Å²) in [5.41, 5.74) is 17.4. The molecule has 350 valence electrons. The first kappa shape index (κ1) is 46.8. The van der Waals surface area contributed by atoms with Crippen molar-refractivity contribution in [2.75, 3.05) is 16.5 Å². The van der Waals surface area contributed by atoms with Crippen LogP contribution in [0.2, 0.25) is 0 Å². The summed E-state index contributed by atoms with van der Waals surface area (Å²) >= 11 is 0. The number of anilines is 4. The van der Waals surface area contributed by atoms with Crippen molar-refractivity contribution >= 4 is 44.6 Å². The van der Waals surface area contributed by atoms with Crippen LogP contribution in [0.5, 0.6) is 11.5 Å². The van der Waals surface area contributed by atoms with Crippen LogP contribution in [-0.2, 0) is 16.2 Å². The molecule has 0 amide bonds. The zero-order valence-electron chi connectivity index (χ0n) is 43.3. The highest BCUT2D eigenvalue weighted by atomic mass is 16.5. The summed E-state index contributed by atoms with van der Waals surface area (Å²) in [5, 5.41) is 2.36. The van der Waals surface area contributed by atoms with E-state index in [4.69, 9.17) is 9.72 Å². The Morgan fingerprint density at radius 2 is 1.13 bits per heavy atom. The molecule has 9 rings (SSSR count). The van der Waals surface area contributed by atoms with Crippen LogP contribution in [-0.4, -0.2) is 16.2 Å². The van der Waals surface area contributed by atoms with Crippen molar-refractivity contribution in [3.63, 3.8) is 0 Å². The van der Waals surface area contributed by atoms with Gasteiger partial charge in [0.2, 0.25) is 0 Å². The SMILES string of the molecule is CC(C)c1cc(C(C)C)c(-c2cccc(N3CN(c4cc(Oc5ccc6c7ccccc7n(-c7cc(C(C)(C)C)ccn7)c6c5)cc(C(C)(C)C)c4)c4ccc(C(C)(C)C)cc43)c2)c(C(C)C)c1. The molecule has 8 aromatic rings. The summed E-state index contributed by atoms with van der Waals surface area (Å²) in [7, 11) is 0. The molecular formula is C63H72N4O. The molecule has 68 heavy (non-hydrogen) atoms. The zero-order chi connectivity index (χ0) is 48.6. The van der Waals surface area contributed by atoms with Crippen molar-refractivity contribution in [1.29, 1.82) is 0 Å². The molecule has 0 saturated heterocycles. The summed E-state index contributed by atoms with van der Waals surface area (Å²) in [6.45, 7) is 35.2. The van der Waals surface area contributed by atoms with Gasteiger partial charge < -0.3 is 14.5 Å². The molecule has 1 aliphatic rings. The second-order valence-electron chi connectivity index (χ2n) is 23.3. The fraction of sp³-hybridized carbons (Fsp3) is 0.349. The maximum absolute atomic E-state index is 7.03. The number of ether oxygens (including phenoxy) is 1. The molecule has 0 atom stereocenters. The molecular weight excluding hydrogens is 829 g/mol. The van der Waals surface area contributed by atoms with E-state index in [1.54, 1.807) is 0 Å². The minimum Gasteiger partial charge on any atom is -0.457 e. The molecule has 0 N–H and O–H groups in total. The molecule has 0 bridgehead atoms. The van der Waals surface area contributed by atoms with Crippen LogP contribution in [0.4, 0.5) is 22.7 Å². The largest absolute Gasteiger partial charge is 0.457 e. The number of fused-ring (bicyclic) bond motifs is 4. The normalized spacial score (nSPS) is 13.5. The monoisotopic (exact) mass is 901 g/mol. The summed E-state index contributed by atoms with van der Waals surface area (Å²) in [5.74, 6) is 3.74. The lowest BCUT2D eigenvalue weighted by Crippen LogP contribution is -2.24. The van der Waals surface area contributed by atoms with Gasteiger partial charge in [0, 0.05) is 40.5 Å². The number of para-hydroxylation sites is 1. The van der Waals surface area contributed by atoms with Crippen LogP contribution in [0.1, 0.15) is 155 Å². The van der Waals surface area contributed by atoms with Gasteiger partial charge in [-0.25, -0.2) is 4.98 Å². The lowest BCUT2D eigenvalue weighted by molar-refractivity contribution is 0.479. The third-order valence-corrected chi connectivity index (χ3v) is 14.1. The third kappa shape index (κ3) is 8.81. The van der Waals surface area contributed by atoms with Gasteiger partial charge >= 0.3 is 0 Å². The molecule has 1 aliphatic heterocycles. The van der Waals surface area contributed by atoms with Gasteiger partial charge in [-0.1, -0.05) is 152 Å². The minimum absolute atomic E-state index is 0.0125. The molecule has 0 spiro atoms. The summed E-state index contributed by atoms with van der Waals surface area (Å²) in [6, 6.07) is 47.6. The lowest BCUT2D eigenvalue weighted by atomic mass is 9.81. The Kier molecular flexibility index (Phi) is 11.9. The van der Waals surface area contributed by atoms with Crippen LogP contribution >= 0.6 is 0 Å². The van der Waals surface area contributed by atoms with E-state index in [0.717, 1.165) is 34.0 Å². The van der Waals surface area contributed by atoms with E-state index in [1.807, 2.05) is 6.20 Å². The molecule has 2 aromatic heterocycles. The van der Waals surface area contributed by atoms with Gasteiger partial charge in [0.1, 0.15) is 24.0 Å². The highest BCUT2D eigenvalue weighted by Gasteiger charge is 2.32. The fourth-order valence-corrected chi connectivity index (χ4v) is 9.92. The first-order valence-corrected chi connectivity index (χ1v) is 24.9. The Morgan fingerprint density at radius 3 is 1.79 bits per heavy atom. The first-order chi connectivity index (χ1) is 32.1. The van der Waals surface area contributed by atoms with Crippen molar-refractivity contribution in [2.24, 2.45) is 0 Å². The van der Waals surface area contributed by atoms with Crippen molar-refractivity contribution in [1.82, 2.24) is 9.55 Å². The molecule has 6 aromatic carbocycles. The van der Waals surface area contributed by atoms with E-state index in [0.29, 0.717) is 24.4 Å². The van der Waals surface area contributed by atoms with Crippen LogP contribution in [0.25, 0.3) is 38.8 Å². The Labute approximate surface area is 406 Å². The second kappa shape index (κ2) is 17.3. The molecule has 0 radical (unpaired) electrons. The van der Waals surface area contributed by atoms with Gasteiger partial charge in [-0.3, -0.25) is 4.57 Å². The molecule has 0 unspecified atom stereocenters. The van der Waals surface area contributed by atoms with Gasteiger partial charge in [-0.2, -0.15) is 0 Å². The number of hydrogen-bond donors (Lipinski definition) is 0. The topological polar surface area (TPSA) is 33.5 Å². The fourth-order valence-electron chi connectivity index (χ4n) is 9.92. The summed E-state index contributed by atoms with van der Waals surface area (Å²) in [4.78, 5) is 9.92. The Morgan fingerprint density at radius 1 is 0.485 bits per heavy atom. The molecule has 3 heterocycles. The molecule has 0 saturated carbocycles. The van der Waals surface area contributed by atoms with E-state index in [-0.39, 0.29) is 16.2 Å². The quantitative estimate of drug-likeness (QED) is 0.145. The van der Waals surface area contributed by atoms with E-state index in [9.17, 15) is 0 Å². The van der Waals surface area contributed by atoms with E-state index >= 15 is 0 Å². The van der Waals surface area contributed by atoms with Crippen molar-refractivity contribution in [2.45, 2.75) is 138 Å². The second-order valence-corrected chi connectivity index (χ2v) is 23.3. The van der Waals surface area contributed by atoms with Crippen molar-refractivity contribution in [3.05, 3.63) is 167 Å². The van der Waals surface area contributed by atoms with Gasteiger partial charge in [-0.15, -0.1) is 0 Å². The van der Waals surface area contributed by atoms with Gasteiger partial charge in [0.05, 0.1) is 22.4 Å². The van der Waals surface area contributed by atoms with E-state index in [1.165, 1.54) is 72.3 Å². The molecule has 0 fully saturated rings. The number of nitrogens with zero attached hydrogens (tertiary/aromatic N) is 4. The van der Waals surface area contributed by atoms with Gasteiger partial charge in [0.25, 0.3) is 0 Å². The summed E-state index contributed by atoms with van der Waals surface area (Å²) < 4.78 is 9.31. The Bertz CT molecular complexity index is 3150. The average Bonchev–Trinajstić information content (AvgIpc) is 3.83. The van der Waals surface area contributed by atoms with E-state index < -0.39 is 0 Å². The van der Waals surface area contributed by atoms with Crippen LogP contribution in [0.3, 0.4) is 0 Å². The molecule has 5 heteroatoms. The summed E-state index contributed by atoms with van der Waals surface area (Å²) in [6.07, 6.45) is 1.94. The smallest absolute Gasteiger partial charge is 0.137 e. The molecule has 5 nitrogen and oxygen atoms in total. The van der Waals surface area contributed by atoms with Crippen molar-refractivity contribution < 1.29 is 4.74 Å². The lowest BCUT2D eigenvalue weighted by Gasteiger charge is -2.27. The van der Waals surface area contributed by atoms with Crippen LogP contribution in [0, 0.1) is 0 Å². The van der Waals surface area contributed by atoms with Crippen LogP contribution < -0.4 is 14.5 Å². The average molecular weight is 901 g/mol. The standard InChI is InChI=1S/C63H72N4O/c1-39(2)43-30-53(40(3)4)60(54(31-43)41(5)6)42-19-18-20-47(29-42)65-38-66(56-26-23-44(34-58(56)65)61(7,8)9)48-32-46(63(13,14)15)33-50(36-48)68-49-24-25-52-51-21-16-17-22-55(51)67(57(52)37-49)59-35-45(27-28-64-59)62(10,11)12/h16-37,39-41H,38H2,1-15H3. The van der Waals surface area contributed by atoms with E-state index in [2.05, 4.69) is 246 Å². The number of rotatable bonds is 9. The van der Waals surface area contributed by atoms with Crippen LogP contribution in [0.15, 0.2) is 134 Å². The highest BCUT2D eigenvalue weighted by molar-refractivity contribution is 6.09. The van der Waals surface area contributed by atoms with Gasteiger partial charge in [0.15, 0.2) is 0 Å². The maximum atomic E-state index is 7.03. The highest BCUT2D eigenvalue weighted by Crippen LogP contribution is 2.49. The van der Waals surface area contributed by atoms with Gasteiger partial charge in [-0.05, 0) is 145 Å². The van der Waals surface area contributed by atoms with Crippen molar-refractivity contribution in [3.8, 4) is 28.4 Å². The maximum Gasteiger partial charge on any atom is 0.137 e. The Hall–Kier alpha value is -6.33. The number of hydrogen-bond acceptors (Lipinski definition) is 4.